The summed E-state index contributed by atoms with van der Waals surface area (Å²) < 4.78 is 0. The third kappa shape index (κ3) is 12700. The van der Waals surface area contributed by atoms with E-state index in [-0.39, 0.29) is 14.9 Å². The molecule has 0 aliphatic heterocycles. The molecule has 6 heteroatoms. The molecule has 0 spiro atoms. The molecule has 0 saturated heterocycles. The van der Waals surface area contributed by atoms with E-state index < -0.39 is 0 Å². The first-order valence-corrected chi connectivity index (χ1v) is 5.81. The van der Waals surface area contributed by atoms with Gasteiger partial charge in [0.05, 0.1) is 0 Å². The van der Waals surface area contributed by atoms with Gasteiger partial charge in [-0.1, -0.05) is 20.9 Å². The van der Waals surface area contributed by atoms with Gasteiger partial charge in [-0.3, -0.25) is 0 Å². The quantitative estimate of drug-likeness (QED) is 0.405. The van der Waals surface area contributed by atoms with Crippen molar-refractivity contribution < 1.29 is 9.59 Å². The van der Waals surface area contributed by atoms with Crippen molar-refractivity contribution in [2.45, 2.75) is 42.5 Å². The molecule has 0 radical (unpaired) electrons. The number of hydrogen-bond acceptors (Lipinski definition) is 6. The maximum atomic E-state index is 8.81. The van der Waals surface area contributed by atoms with Crippen LogP contribution >= 0.6 is 0 Å². The van der Waals surface area contributed by atoms with Gasteiger partial charge in [0.2, 0.25) is 0 Å². The average molecular weight is 325 g/mol. The molecule has 0 aromatic carbocycles. The highest BCUT2D eigenvalue weighted by Crippen LogP contribution is 1.39. The second kappa shape index (κ2) is 345. The summed E-state index contributed by atoms with van der Waals surface area (Å²) in [6.45, 7) is 13.1. The number of nitrogens with two attached hydrogens (primary N) is 2. The van der Waals surface area contributed by atoms with E-state index >= 15 is 0 Å². The van der Waals surface area contributed by atoms with Crippen LogP contribution in [-0.4, -0.2) is 53.7 Å². The summed E-state index contributed by atoms with van der Waals surface area (Å²) in [4.78, 5) is 24.5. The van der Waals surface area contributed by atoms with Gasteiger partial charge in [-0.2, -0.15) is 0 Å². The van der Waals surface area contributed by atoms with E-state index in [4.69, 9.17) is 9.59 Å². The minimum Gasteiger partial charge on any atom is -0.333 e. The monoisotopic (exact) mass is 324 g/mol. The number of allylic oxidation sites excluding steroid dienone is 1. The summed E-state index contributed by atoms with van der Waals surface area (Å²) >= 11 is 0. The van der Waals surface area contributed by atoms with Gasteiger partial charge in [-0.25, -0.2) is 0 Å². The van der Waals surface area contributed by atoms with Crippen LogP contribution in [0.3, 0.4) is 0 Å². The van der Waals surface area contributed by atoms with Crippen LogP contribution < -0.4 is 11.5 Å². The van der Waals surface area contributed by atoms with Gasteiger partial charge >= 0.3 is 0 Å². The van der Waals surface area contributed by atoms with Crippen molar-refractivity contribution >= 4 is 25.5 Å². The lowest BCUT2D eigenvalue weighted by Crippen LogP contribution is -1.69. The zero-order valence-corrected chi connectivity index (χ0v) is 14.6. The van der Waals surface area contributed by atoms with Gasteiger partial charge in [0.15, 0.2) is 0 Å². The van der Waals surface area contributed by atoms with E-state index in [9.17, 15) is 0 Å². The summed E-state index contributed by atoms with van der Waals surface area (Å²) in [5.74, 6) is 0. The Morgan fingerprint density at radius 2 is 0.864 bits per heavy atom. The van der Waals surface area contributed by atoms with Crippen LogP contribution in [-0.2, 0) is 9.59 Å². The molecule has 0 amide bonds. The molecule has 22 heavy (non-hydrogen) atoms. The van der Waals surface area contributed by atoms with Crippen molar-refractivity contribution in [2.24, 2.45) is 21.5 Å². The van der Waals surface area contributed by atoms with Crippen molar-refractivity contribution in [1.29, 1.82) is 0 Å². The Bertz CT molecular complexity index is 123. The summed E-state index contributed by atoms with van der Waals surface area (Å²) in [7, 11) is 6.39. The molecule has 0 bridgehead atoms. The second-order valence-electron chi connectivity index (χ2n) is 1.71. The highest BCUT2D eigenvalue weighted by molar-refractivity contribution is 5.52. The molecule has 0 atom stereocenters. The lowest BCUT2D eigenvalue weighted by molar-refractivity contribution is -0.106. The minimum atomic E-state index is 0. The van der Waals surface area contributed by atoms with Crippen molar-refractivity contribution in [1.82, 2.24) is 0 Å². The van der Waals surface area contributed by atoms with Crippen LogP contribution in [0, 0.1) is 0 Å². The van der Waals surface area contributed by atoms with Crippen molar-refractivity contribution in [3.8, 4) is 0 Å². The summed E-state index contributed by atoms with van der Waals surface area (Å²) in [6, 6.07) is 0. The van der Waals surface area contributed by atoms with Gasteiger partial charge in [0, 0.05) is 14.1 Å². The third-order valence-electron chi connectivity index (χ3n) is 0.258. The van der Waals surface area contributed by atoms with Gasteiger partial charge in [0.1, 0.15) is 12.6 Å². The Kier molecular flexibility index (Phi) is 929. The van der Waals surface area contributed by atoms with E-state index in [1.807, 2.05) is 13.8 Å². The summed E-state index contributed by atoms with van der Waals surface area (Å²) in [6.07, 6.45) is 5.00. The summed E-state index contributed by atoms with van der Waals surface area (Å²) in [5.41, 5.74) is 9.00. The lowest BCUT2D eigenvalue weighted by atomic mass is 10.8. The first-order chi connectivity index (χ1) is 9.57. The smallest absolute Gasteiger partial charge is 0.116 e. The zero-order valence-electron chi connectivity index (χ0n) is 14.6. The number of carbonyl (C=O) groups is 2. The van der Waals surface area contributed by atoms with Crippen LogP contribution in [0.25, 0.3) is 0 Å². The average Bonchev–Trinajstić information content (AvgIpc) is 2.46. The molecule has 0 aromatic heterocycles. The number of carbonyl (C=O) groups excluding carboxylic acids is 2. The molecule has 140 valence electrons. The van der Waals surface area contributed by atoms with Crippen LogP contribution in [0.1, 0.15) is 42.5 Å². The molecule has 0 aromatic rings. The molecule has 0 heterocycles. The molecule has 6 nitrogen and oxygen atoms in total. The number of hydrogen-bond donors (Lipinski definition) is 2. The minimum absolute atomic E-state index is 0. The van der Waals surface area contributed by atoms with Gasteiger partial charge in [0.25, 0.3) is 0 Å². The fourth-order valence-electron chi connectivity index (χ4n) is 0. The van der Waals surface area contributed by atoms with Crippen LogP contribution in [0.2, 0.25) is 0 Å². The molecule has 0 rings (SSSR count). The van der Waals surface area contributed by atoms with Crippen LogP contribution in [0.15, 0.2) is 22.6 Å². The molecule has 0 aliphatic rings. The topological polar surface area (TPSA) is 111 Å². The Morgan fingerprint density at radius 1 is 0.818 bits per heavy atom. The Hall–Kier alpha value is -1.66. The van der Waals surface area contributed by atoms with Crippen molar-refractivity contribution in [2.75, 3.05) is 28.2 Å². The maximum absolute atomic E-state index is 8.81. The Labute approximate surface area is 140 Å². The number of rotatable bonds is 0. The number of aldehydes is 2. The molecule has 0 saturated carbocycles. The molecule has 4 N–H and O–H groups in total. The molecular formula is C16H44N4O2. The van der Waals surface area contributed by atoms with Gasteiger partial charge in [-0.15, -0.1) is 6.58 Å². The first-order valence-electron chi connectivity index (χ1n) is 5.81. The van der Waals surface area contributed by atoms with E-state index in [0.717, 1.165) is 12.6 Å². The zero-order chi connectivity index (χ0) is 18.2. The van der Waals surface area contributed by atoms with E-state index in [1.165, 1.54) is 27.9 Å². The second-order valence-corrected chi connectivity index (χ2v) is 1.71. The summed E-state index contributed by atoms with van der Waals surface area (Å²) in [5, 5.41) is 0. The van der Waals surface area contributed by atoms with E-state index in [1.54, 1.807) is 26.4 Å². The van der Waals surface area contributed by atoms with E-state index in [2.05, 4.69) is 34.7 Å². The predicted molar refractivity (Wildman–Crippen MR) is 109 cm³/mol. The first kappa shape index (κ1) is 59.2. The lowest BCUT2D eigenvalue weighted by Gasteiger charge is -1.53. The largest absolute Gasteiger partial charge is 0.333 e. The van der Waals surface area contributed by atoms with Gasteiger partial charge in [-0.05, 0) is 54.7 Å². The van der Waals surface area contributed by atoms with Crippen LogP contribution in [0.4, 0.5) is 0 Å². The van der Waals surface area contributed by atoms with Crippen molar-refractivity contribution in [3.63, 3.8) is 0 Å². The fourth-order valence-corrected chi connectivity index (χ4v) is 0. The number of nitrogens with zero attached hydrogens (tertiary/aromatic N) is 2. The SMILES string of the molecule is C.C.C=CC.C=NC.CC=NC.CC=O.CC=O.CN.CN. The Morgan fingerprint density at radius 3 is 0.864 bits per heavy atom. The molecule has 0 unspecified atom stereocenters. The molecule has 0 aliphatic carbocycles. The van der Waals surface area contributed by atoms with Crippen LogP contribution in [0.5, 0.6) is 0 Å². The maximum Gasteiger partial charge on any atom is 0.116 e. The normalized spacial score (nSPS) is 4.64. The van der Waals surface area contributed by atoms with Gasteiger partial charge < -0.3 is 31.0 Å². The number of aliphatic imine (C=N–C) groups is 2. The van der Waals surface area contributed by atoms with E-state index in [0.29, 0.717) is 0 Å². The molecular weight excluding hydrogens is 280 g/mol. The highest BCUT2D eigenvalue weighted by Gasteiger charge is 1.32. The Balaban J connectivity index is -0.0000000128. The fraction of sp³-hybridized carbons (Fsp3) is 0.625. The van der Waals surface area contributed by atoms with Crippen molar-refractivity contribution in [3.05, 3.63) is 12.7 Å². The molecule has 0 fully saturated rings. The predicted octanol–water partition coefficient (Wildman–Crippen LogP) is 3.05. The standard InChI is InChI=1S/C3H7N.C3H6.C2H5N.2C2H4O.2CH5N.2CH4/c1-3-4-2;2*1-3-2;2*1-2-3;2*1-2;;/h3H,1-2H3;3H,1H2,2H3;1H2,2H3;2*2H,1H3;2*2H2,1H3;2*1H4. The third-order valence-corrected chi connectivity index (χ3v) is 0.258. The highest BCUT2D eigenvalue weighted by atomic mass is 16.1.